The number of carboxylic acids is 1. The first-order valence-corrected chi connectivity index (χ1v) is 7.24. The van der Waals surface area contributed by atoms with Gasteiger partial charge >= 0.3 is 5.97 Å². The highest BCUT2D eigenvalue weighted by Crippen LogP contribution is 2.21. The van der Waals surface area contributed by atoms with Crippen LogP contribution in [0.15, 0.2) is 28.7 Å². The number of piperidine rings is 1. The Balaban J connectivity index is 1.89. The van der Waals surface area contributed by atoms with Gasteiger partial charge in [0.15, 0.2) is 0 Å². The molecule has 1 aromatic rings. The number of likely N-dealkylation sites (tertiary alicyclic amines) is 1. The van der Waals surface area contributed by atoms with Gasteiger partial charge in [0.05, 0.1) is 11.7 Å². The number of carbonyl (C=O) groups excluding carboxylic acids is 1. The highest BCUT2D eigenvalue weighted by molar-refractivity contribution is 9.10. The normalized spacial score (nSPS) is 16.1. The van der Waals surface area contributed by atoms with Gasteiger partial charge in [0.1, 0.15) is 6.61 Å². The van der Waals surface area contributed by atoms with Crippen LogP contribution < -0.4 is 0 Å². The quantitative estimate of drug-likeness (QED) is 0.911. The van der Waals surface area contributed by atoms with Gasteiger partial charge in [-0.15, -0.1) is 0 Å². The summed E-state index contributed by atoms with van der Waals surface area (Å²) in [5.41, 5.74) is 0.650. The zero-order chi connectivity index (χ0) is 14.5. The third-order valence-electron chi connectivity index (χ3n) is 3.28. The summed E-state index contributed by atoms with van der Waals surface area (Å²) in [5.74, 6) is -0.967. The van der Waals surface area contributed by atoms with Crippen LogP contribution in [0.1, 0.15) is 23.2 Å². The molecule has 1 saturated heterocycles. The van der Waals surface area contributed by atoms with Gasteiger partial charge in [-0.3, -0.25) is 4.79 Å². The number of carboxylic acid groups (broad SMARTS) is 1. The molecule has 1 aliphatic heterocycles. The molecule has 1 N–H and O–H groups in total. The molecule has 0 atom stereocenters. The molecule has 1 amide bonds. The van der Waals surface area contributed by atoms with Gasteiger partial charge in [0, 0.05) is 17.6 Å². The van der Waals surface area contributed by atoms with E-state index in [1.807, 2.05) is 18.2 Å². The number of rotatable bonds is 4. The monoisotopic (exact) mass is 341 g/mol. The highest BCUT2D eigenvalue weighted by Gasteiger charge is 2.25. The summed E-state index contributed by atoms with van der Waals surface area (Å²) in [6, 6.07) is 7.34. The fourth-order valence-corrected chi connectivity index (χ4v) is 2.67. The standard InChI is InChI=1S/C14H16BrNO4/c15-12-4-2-1-3-11(12)14(19)16-7-5-10(6-8-16)20-9-13(17)18/h1-4,10H,5-9H2,(H,17,18). The zero-order valence-electron chi connectivity index (χ0n) is 10.9. The third-order valence-corrected chi connectivity index (χ3v) is 3.97. The van der Waals surface area contributed by atoms with Gasteiger partial charge in [-0.25, -0.2) is 4.79 Å². The lowest BCUT2D eigenvalue weighted by Gasteiger charge is -2.31. The van der Waals surface area contributed by atoms with E-state index in [1.54, 1.807) is 11.0 Å². The Hall–Kier alpha value is -1.40. The van der Waals surface area contributed by atoms with Crippen LogP contribution in [0.3, 0.4) is 0 Å². The number of hydrogen-bond acceptors (Lipinski definition) is 3. The minimum absolute atomic E-state index is 0.00541. The Bertz CT molecular complexity index is 498. The van der Waals surface area contributed by atoms with Crippen LogP contribution in [0.25, 0.3) is 0 Å². The van der Waals surface area contributed by atoms with Crippen LogP contribution in [-0.2, 0) is 9.53 Å². The molecule has 0 aliphatic carbocycles. The van der Waals surface area contributed by atoms with Gasteiger partial charge in [-0.2, -0.15) is 0 Å². The maximum atomic E-state index is 12.4. The van der Waals surface area contributed by atoms with Gasteiger partial charge in [0.2, 0.25) is 0 Å². The highest BCUT2D eigenvalue weighted by atomic mass is 79.9. The first-order valence-electron chi connectivity index (χ1n) is 6.45. The van der Waals surface area contributed by atoms with Crippen molar-refractivity contribution in [2.75, 3.05) is 19.7 Å². The number of carbonyl (C=O) groups is 2. The summed E-state index contributed by atoms with van der Waals surface area (Å²) in [6.45, 7) is 0.901. The average molecular weight is 342 g/mol. The lowest BCUT2D eigenvalue weighted by molar-refractivity contribution is -0.145. The number of nitrogens with zero attached hydrogens (tertiary/aromatic N) is 1. The van der Waals surface area contributed by atoms with Crippen LogP contribution in [0, 0.1) is 0 Å². The van der Waals surface area contributed by atoms with Crippen LogP contribution in [0.2, 0.25) is 0 Å². The van der Waals surface area contributed by atoms with E-state index in [0.717, 1.165) is 4.47 Å². The number of amides is 1. The minimum atomic E-state index is -0.961. The Morgan fingerprint density at radius 2 is 1.95 bits per heavy atom. The van der Waals surface area contributed by atoms with Crippen LogP contribution in [0.4, 0.5) is 0 Å². The summed E-state index contributed by atoms with van der Waals surface area (Å²) in [6.07, 6.45) is 1.27. The number of benzene rings is 1. The molecular formula is C14H16BrNO4. The molecule has 0 saturated carbocycles. The zero-order valence-corrected chi connectivity index (χ0v) is 12.5. The molecule has 108 valence electrons. The number of halogens is 1. The van der Waals surface area contributed by atoms with Crippen LogP contribution in [0.5, 0.6) is 0 Å². The minimum Gasteiger partial charge on any atom is -0.480 e. The molecule has 1 aliphatic rings. The maximum absolute atomic E-state index is 12.4. The smallest absolute Gasteiger partial charge is 0.329 e. The fourth-order valence-electron chi connectivity index (χ4n) is 2.22. The van der Waals surface area contributed by atoms with E-state index in [4.69, 9.17) is 9.84 Å². The summed E-state index contributed by atoms with van der Waals surface area (Å²) in [7, 11) is 0. The molecule has 1 fully saturated rings. The van der Waals surface area contributed by atoms with Crippen LogP contribution in [-0.4, -0.2) is 47.7 Å². The van der Waals surface area contributed by atoms with Crippen molar-refractivity contribution >= 4 is 27.8 Å². The van der Waals surface area contributed by atoms with Crippen molar-refractivity contribution in [3.05, 3.63) is 34.3 Å². The molecule has 0 spiro atoms. The van der Waals surface area contributed by atoms with Gasteiger partial charge in [-0.05, 0) is 40.9 Å². The number of ether oxygens (including phenoxy) is 1. The summed E-state index contributed by atoms with van der Waals surface area (Å²) >= 11 is 3.38. The molecule has 5 nitrogen and oxygen atoms in total. The SMILES string of the molecule is O=C(O)COC1CCN(C(=O)c2ccccc2Br)CC1. The van der Waals surface area contributed by atoms with Gasteiger partial charge in [-0.1, -0.05) is 12.1 Å². The summed E-state index contributed by atoms with van der Waals surface area (Å²) in [4.78, 5) is 24.6. The average Bonchev–Trinajstić information content (AvgIpc) is 2.45. The lowest BCUT2D eigenvalue weighted by atomic mass is 10.1. The molecule has 1 aromatic carbocycles. The molecule has 2 rings (SSSR count). The molecule has 1 heterocycles. The molecule has 0 aromatic heterocycles. The molecular weight excluding hydrogens is 326 g/mol. The van der Waals surface area contributed by atoms with Crippen molar-refractivity contribution in [2.45, 2.75) is 18.9 Å². The van der Waals surface area contributed by atoms with Crippen molar-refractivity contribution in [1.82, 2.24) is 4.90 Å². The van der Waals surface area contributed by atoms with E-state index in [2.05, 4.69) is 15.9 Å². The van der Waals surface area contributed by atoms with E-state index in [9.17, 15) is 9.59 Å². The van der Waals surface area contributed by atoms with Crippen LogP contribution >= 0.6 is 15.9 Å². The molecule has 0 unspecified atom stereocenters. The maximum Gasteiger partial charge on any atom is 0.329 e. The van der Waals surface area contributed by atoms with Crippen molar-refractivity contribution in [3.8, 4) is 0 Å². The molecule has 20 heavy (non-hydrogen) atoms. The second-order valence-corrected chi connectivity index (χ2v) is 5.53. The van der Waals surface area contributed by atoms with E-state index in [0.29, 0.717) is 31.5 Å². The molecule has 0 radical (unpaired) electrons. The van der Waals surface area contributed by atoms with Crippen molar-refractivity contribution < 1.29 is 19.4 Å². The number of aliphatic carboxylic acids is 1. The lowest BCUT2D eigenvalue weighted by Crippen LogP contribution is -2.41. The second kappa shape index (κ2) is 6.85. The third kappa shape index (κ3) is 3.80. The predicted molar refractivity (Wildman–Crippen MR) is 76.7 cm³/mol. The Morgan fingerprint density at radius 1 is 1.30 bits per heavy atom. The first kappa shape index (κ1) is 15.0. The molecule has 6 heteroatoms. The summed E-state index contributed by atoms with van der Waals surface area (Å²) < 4.78 is 6.04. The first-order chi connectivity index (χ1) is 9.58. The van der Waals surface area contributed by atoms with E-state index >= 15 is 0 Å². The Morgan fingerprint density at radius 3 is 2.55 bits per heavy atom. The summed E-state index contributed by atoms with van der Waals surface area (Å²) in [5, 5.41) is 8.57. The van der Waals surface area contributed by atoms with Gasteiger partial charge < -0.3 is 14.7 Å². The number of hydrogen-bond donors (Lipinski definition) is 1. The Kier molecular flexibility index (Phi) is 5.14. The van der Waals surface area contributed by atoms with Crippen molar-refractivity contribution in [1.29, 1.82) is 0 Å². The largest absolute Gasteiger partial charge is 0.480 e. The molecule has 0 bridgehead atoms. The van der Waals surface area contributed by atoms with E-state index in [1.165, 1.54) is 0 Å². The predicted octanol–water partition coefficient (Wildman–Crippen LogP) is 2.15. The topological polar surface area (TPSA) is 66.8 Å². The Labute approximate surface area is 125 Å². The van der Waals surface area contributed by atoms with Gasteiger partial charge in [0.25, 0.3) is 5.91 Å². The van der Waals surface area contributed by atoms with E-state index in [-0.39, 0.29) is 18.6 Å². The van der Waals surface area contributed by atoms with Crippen molar-refractivity contribution in [3.63, 3.8) is 0 Å². The van der Waals surface area contributed by atoms with Crippen molar-refractivity contribution in [2.24, 2.45) is 0 Å². The fraction of sp³-hybridized carbons (Fsp3) is 0.429. The van der Waals surface area contributed by atoms with E-state index < -0.39 is 5.97 Å². The second-order valence-electron chi connectivity index (χ2n) is 4.68.